The van der Waals surface area contributed by atoms with Crippen molar-refractivity contribution in [2.75, 3.05) is 31.1 Å². The van der Waals surface area contributed by atoms with Crippen molar-refractivity contribution in [3.8, 4) is 6.07 Å². The molecule has 3 rings (SSSR count). The standard InChI is InChI=1S/C21H28ClF2N5O2/c1-12-10-27(6-7-28(12)20(30)31-21(3,4)5)16-11-29(13(16)2)15-8-17(22)26-18(19(23)24)14(15)9-25/h8,12-13,16,19H,6-7,10-11H2,1-5H3/t12-,13-,16?/m1/s1. The van der Waals surface area contributed by atoms with Gasteiger partial charge in [-0.1, -0.05) is 11.6 Å². The lowest BCUT2D eigenvalue weighted by molar-refractivity contribution is -0.0102. The largest absolute Gasteiger partial charge is 0.444 e. The molecule has 0 aromatic carbocycles. The van der Waals surface area contributed by atoms with E-state index in [9.17, 15) is 18.8 Å². The van der Waals surface area contributed by atoms with Crippen LogP contribution in [0.3, 0.4) is 0 Å². The van der Waals surface area contributed by atoms with Crippen molar-refractivity contribution in [3.05, 3.63) is 22.5 Å². The van der Waals surface area contributed by atoms with Gasteiger partial charge in [-0.05, 0) is 34.6 Å². The van der Waals surface area contributed by atoms with Crippen molar-refractivity contribution in [1.82, 2.24) is 14.8 Å². The number of hydrogen-bond donors (Lipinski definition) is 0. The Morgan fingerprint density at radius 1 is 1.32 bits per heavy atom. The van der Waals surface area contributed by atoms with Crippen LogP contribution >= 0.6 is 11.6 Å². The minimum absolute atomic E-state index is 0.00337. The van der Waals surface area contributed by atoms with Gasteiger partial charge in [0.2, 0.25) is 0 Å². The third-order valence-electron chi connectivity index (χ3n) is 5.81. The van der Waals surface area contributed by atoms with Gasteiger partial charge >= 0.3 is 6.09 Å². The molecule has 2 saturated heterocycles. The molecule has 10 heteroatoms. The lowest BCUT2D eigenvalue weighted by Gasteiger charge is -2.55. The van der Waals surface area contributed by atoms with Gasteiger partial charge in [-0.3, -0.25) is 4.90 Å². The molecule has 31 heavy (non-hydrogen) atoms. The van der Waals surface area contributed by atoms with E-state index < -0.39 is 17.7 Å². The van der Waals surface area contributed by atoms with E-state index in [0.717, 1.165) is 0 Å². The number of anilines is 1. The molecule has 2 aliphatic rings. The lowest BCUT2D eigenvalue weighted by atomic mass is 9.92. The van der Waals surface area contributed by atoms with Crippen molar-refractivity contribution in [2.45, 2.75) is 64.8 Å². The Balaban J connectivity index is 1.68. The van der Waals surface area contributed by atoms with E-state index in [1.165, 1.54) is 6.07 Å². The molecule has 3 heterocycles. The molecule has 2 aliphatic heterocycles. The van der Waals surface area contributed by atoms with Gasteiger partial charge in [0.1, 0.15) is 28.1 Å². The Kier molecular flexibility index (Phi) is 6.63. The number of alkyl halides is 2. The van der Waals surface area contributed by atoms with E-state index in [2.05, 4.69) is 9.88 Å². The Morgan fingerprint density at radius 2 is 2.00 bits per heavy atom. The number of amides is 1. The topological polar surface area (TPSA) is 72.7 Å². The summed E-state index contributed by atoms with van der Waals surface area (Å²) in [6.07, 6.45) is -3.19. The second-order valence-corrected chi connectivity index (χ2v) is 9.50. The zero-order valence-corrected chi connectivity index (χ0v) is 19.2. The molecule has 0 bridgehead atoms. The second-order valence-electron chi connectivity index (χ2n) is 9.11. The van der Waals surface area contributed by atoms with Crippen LogP contribution in [0.2, 0.25) is 5.15 Å². The van der Waals surface area contributed by atoms with Gasteiger partial charge in [0, 0.05) is 50.4 Å². The Morgan fingerprint density at radius 3 is 2.52 bits per heavy atom. The summed E-state index contributed by atoms with van der Waals surface area (Å²) < 4.78 is 32.2. The Labute approximate surface area is 186 Å². The van der Waals surface area contributed by atoms with Crippen LogP contribution in [0.4, 0.5) is 19.3 Å². The molecule has 0 radical (unpaired) electrons. The highest BCUT2D eigenvalue weighted by atomic mass is 35.5. The van der Waals surface area contributed by atoms with E-state index in [-0.39, 0.29) is 34.9 Å². The van der Waals surface area contributed by atoms with Gasteiger partial charge in [-0.25, -0.2) is 18.6 Å². The molecule has 7 nitrogen and oxygen atoms in total. The van der Waals surface area contributed by atoms with E-state index >= 15 is 0 Å². The number of hydrogen-bond acceptors (Lipinski definition) is 6. The fourth-order valence-corrected chi connectivity index (χ4v) is 4.42. The van der Waals surface area contributed by atoms with Crippen LogP contribution in [0.15, 0.2) is 6.07 Å². The van der Waals surface area contributed by atoms with Crippen molar-refractivity contribution in [3.63, 3.8) is 0 Å². The smallest absolute Gasteiger partial charge is 0.410 e. The highest BCUT2D eigenvalue weighted by Crippen LogP contribution is 2.37. The first kappa shape index (κ1) is 23.5. The Hall–Kier alpha value is -2.18. The Bertz CT molecular complexity index is 886. The van der Waals surface area contributed by atoms with Gasteiger partial charge in [-0.15, -0.1) is 0 Å². The normalized spacial score (nSPS) is 24.7. The van der Waals surface area contributed by atoms with E-state index in [4.69, 9.17) is 16.3 Å². The van der Waals surface area contributed by atoms with Crippen LogP contribution in [0.1, 0.15) is 52.3 Å². The summed E-state index contributed by atoms with van der Waals surface area (Å²) in [6.45, 7) is 12.0. The number of carbonyl (C=O) groups excluding carboxylic acids is 1. The highest BCUT2D eigenvalue weighted by Gasteiger charge is 2.43. The molecule has 170 valence electrons. The summed E-state index contributed by atoms with van der Waals surface area (Å²) in [6, 6.07) is 3.50. The molecule has 0 spiro atoms. The van der Waals surface area contributed by atoms with Crippen LogP contribution in [0, 0.1) is 11.3 Å². The third-order valence-corrected chi connectivity index (χ3v) is 6.01. The summed E-state index contributed by atoms with van der Waals surface area (Å²) in [4.78, 5) is 22.0. The molecule has 3 atom stereocenters. The molecule has 0 saturated carbocycles. The summed E-state index contributed by atoms with van der Waals surface area (Å²) in [5.74, 6) is 0. The number of rotatable bonds is 3. The minimum Gasteiger partial charge on any atom is -0.444 e. The van der Waals surface area contributed by atoms with E-state index in [0.29, 0.717) is 31.9 Å². The highest BCUT2D eigenvalue weighted by molar-refractivity contribution is 6.29. The second kappa shape index (κ2) is 8.75. The predicted octanol–water partition coefficient (Wildman–Crippen LogP) is 4.06. The van der Waals surface area contributed by atoms with Crippen LogP contribution < -0.4 is 4.90 Å². The molecule has 1 unspecified atom stereocenters. The molecule has 2 fully saturated rings. The predicted molar refractivity (Wildman–Crippen MR) is 113 cm³/mol. The van der Waals surface area contributed by atoms with Crippen LogP contribution in [-0.2, 0) is 4.74 Å². The first-order valence-electron chi connectivity index (χ1n) is 10.3. The minimum atomic E-state index is -2.87. The van der Waals surface area contributed by atoms with Gasteiger partial charge in [0.25, 0.3) is 6.43 Å². The number of ether oxygens (including phenoxy) is 1. The number of nitriles is 1. The lowest BCUT2D eigenvalue weighted by Crippen LogP contribution is -2.69. The van der Waals surface area contributed by atoms with Crippen molar-refractivity contribution >= 4 is 23.4 Å². The zero-order chi connectivity index (χ0) is 23.1. The number of carbonyl (C=O) groups is 1. The first-order chi connectivity index (χ1) is 14.4. The van der Waals surface area contributed by atoms with Crippen molar-refractivity contribution in [1.29, 1.82) is 5.26 Å². The van der Waals surface area contributed by atoms with Crippen LogP contribution in [-0.4, -0.2) is 70.8 Å². The number of pyridine rings is 1. The molecule has 1 amide bonds. The average Bonchev–Trinajstić information content (AvgIpc) is 2.65. The monoisotopic (exact) mass is 455 g/mol. The molecule has 0 aliphatic carbocycles. The van der Waals surface area contributed by atoms with E-state index in [1.54, 1.807) is 4.90 Å². The molecular formula is C21H28ClF2N5O2. The quantitative estimate of drug-likeness (QED) is 0.640. The molecule has 1 aromatic heterocycles. The maximum absolute atomic E-state index is 13.3. The zero-order valence-electron chi connectivity index (χ0n) is 18.4. The van der Waals surface area contributed by atoms with Crippen LogP contribution in [0.5, 0.6) is 0 Å². The van der Waals surface area contributed by atoms with Gasteiger partial charge in [0.05, 0.1) is 5.69 Å². The summed E-state index contributed by atoms with van der Waals surface area (Å²) in [7, 11) is 0. The fourth-order valence-electron chi connectivity index (χ4n) is 4.23. The number of aromatic nitrogens is 1. The SMILES string of the molecule is C[C@@H]1CN(C2CN(c3cc(Cl)nc(C(F)F)c3C#N)[C@@H]2C)CCN1C(=O)OC(C)(C)C. The molecular weight excluding hydrogens is 428 g/mol. The van der Waals surface area contributed by atoms with Gasteiger partial charge in [0.15, 0.2) is 0 Å². The number of nitrogens with zero attached hydrogens (tertiary/aromatic N) is 5. The summed E-state index contributed by atoms with van der Waals surface area (Å²) in [5, 5.41) is 9.40. The number of halogens is 3. The summed E-state index contributed by atoms with van der Waals surface area (Å²) in [5.41, 5.74) is -0.867. The van der Waals surface area contributed by atoms with Crippen LogP contribution in [0.25, 0.3) is 0 Å². The van der Waals surface area contributed by atoms with Gasteiger partial charge in [-0.2, -0.15) is 5.26 Å². The maximum Gasteiger partial charge on any atom is 0.410 e. The summed E-state index contributed by atoms with van der Waals surface area (Å²) >= 11 is 5.95. The van der Waals surface area contributed by atoms with Crippen molar-refractivity contribution < 1.29 is 18.3 Å². The van der Waals surface area contributed by atoms with Crippen molar-refractivity contribution in [2.24, 2.45) is 0 Å². The fraction of sp³-hybridized carbons (Fsp3) is 0.667. The van der Waals surface area contributed by atoms with Gasteiger partial charge < -0.3 is 14.5 Å². The molecule has 1 aromatic rings. The van der Waals surface area contributed by atoms with E-state index in [1.807, 2.05) is 45.6 Å². The third kappa shape index (κ3) is 4.85. The maximum atomic E-state index is 13.3. The first-order valence-corrected chi connectivity index (χ1v) is 10.7. The number of piperazine rings is 1. The molecule has 0 N–H and O–H groups in total. The average molecular weight is 456 g/mol.